The van der Waals surface area contributed by atoms with Crippen molar-refractivity contribution in [2.45, 2.75) is 0 Å². The van der Waals surface area contributed by atoms with E-state index in [0.29, 0.717) is 12.3 Å². The Morgan fingerprint density at radius 3 is 2.40 bits per heavy atom. The van der Waals surface area contributed by atoms with Crippen LogP contribution in [0, 0.1) is 5.21 Å². The van der Waals surface area contributed by atoms with E-state index < -0.39 is 0 Å². The largest absolute Gasteiger partial charge is 0.788 e. The molecule has 0 aliphatic heterocycles. The lowest BCUT2D eigenvalue weighted by atomic mass is 10.8. The standard InChI is InChI=1S/C2H6NOS/c4-3-1-2-5/h3,5H,1-2H2/q-1. The summed E-state index contributed by atoms with van der Waals surface area (Å²) in [7, 11) is 0. The first-order valence-electron chi connectivity index (χ1n) is 1.37. The minimum absolute atomic E-state index is 0.448. The predicted molar refractivity (Wildman–Crippen MR) is 25.2 cm³/mol. The van der Waals surface area contributed by atoms with Crippen LogP contribution in [0.15, 0.2) is 0 Å². The fourth-order valence-corrected chi connectivity index (χ4v) is 0.137. The van der Waals surface area contributed by atoms with Gasteiger partial charge in [0.05, 0.1) is 0 Å². The van der Waals surface area contributed by atoms with Crippen LogP contribution in [0.3, 0.4) is 0 Å². The number of hydrogen-bond acceptors (Lipinski definition) is 3. The summed E-state index contributed by atoms with van der Waals surface area (Å²) < 4.78 is 0. The summed E-state index contributed by atoms with van der Waals surface area (Å²) in [6.45, 7) is 0.448. The maximum atomic E-state index is 9.23. The molecule has 0 aliphatic rings. The molecule has 0 rings (SSSR count). The first-order chi connectivity index (χ1) is 2.41. The van der Waals surface area contributed by atoms with Crippen molar-refractivity contribution in [3.63, 3.8) is 0 Å². The lowest BCUT2D eigenvalue weighted by Crippen LogP contribution is -2.05. The van der Waals surface area contributed by atoms with Crippen LogP contribution >= 0.6 is 12.6 Å². The van der Waals surface area contributed by atoms with Crippen LogP contribution in [0.25, 0.3) is 0 Å². The summed E-state index contributed by atoms with van der Waals surface area (Å²) in [5.74, 6) is 0.615. The Morgan fingerprint density at radius 1 is 1.80 bits per heavy atom. The van der Waals surface area contributed by atoms with Gasteiger partial charge in [0, 0.05) is 5.75 Å². The average molecular weight is 92.1 g/mol. The molecule has 0 unspecified atom stereocenters. The molecule has 0 aliphatic carbocycles. The van der Waals surface area contributed by atoms with Crippen molar-refractivity contribution >= 4 is 12.6 Å². The van der Waals surface area contributed by atoms with Gasteiger partial charge >= 0.3 is 0 Å². The summed E-state index contributed by atoms with van der Waals surface area (Å²) in [6.07, 6.45) is 0. The summed E-state index contributed by atoms with van der Waals surface area (Å²) in [4.78, 5) is 0. The van der Waals surface area contributed by atoms with Crippen molar-refractivity contribution < 1.29 is 0 Å². The van der Waals surface area contributed by atoms with Gasteiger partial charge in [0.15, 0.2) is 0 Å². The lowest BCUT2D eigenvalue weighted by Gasteiger charge is -2.00. The Balaban J connectivity index is 2.19. The maximum absolute atomic E-state index is 9.23. The Labute approximate surface area is 36.6 Å². The quantitative estimate of drug-likeness (QED) is 0.371. The second-order valence-corrected chi connectivity index (χ2v) is 1.07. The minimum Gasteiger partial charge on any atom is -0.788 e. The molecule has 0 fully saturated rings. The van der Waals surface area contributed by atoms with Crippen molar-refractivity contribution in [3.8, 4) is 0 Å². The molecule has 0 spiro atoms. The molecule has 0 bridgehead atoms. The average Bonchev–Trinajstić information content (AvgIpc) is 1.41. The lowest BCUT2D eigenvalue weighted by molar-refractivity contribution is 0.939. The number of thiol groups is 1. The summed E-state index contributed by atoms with van der Waals surface area (Å²) >= 11 is 3.74. The van der Waals surface area contributed by atoms with Crippen LogP contribution in [0.4, 0.5) is 0 Å². The van der Waals surface area contributed by atoms with E-state index in [9.17, 15) is 5.21 Å². The smallest absolute Gasteiger partial charge is 0.00188 e. The molecule has 0 radical (unpaired) electrons. The Morgan fingerprint density at radius 2 is 2.40 bits per heavy atom. The molecule has 0 heterocycles. The van der Waals surface area contributed by atoms with Gasteiger partial charge in [-0.1, -0.05) is 0 Å². The van der Waals surface area contributed by atoms with Crippen LogP contribution in [-0.4, -0.2) is 12.3 Å². The topological polar surface area (TPSA) is 35.1 Å². The van der Waals surface area contributed by atoms with Crippen LogP contribution < -0.4 is 5.48 Å². The van der Waals surface area contributed by atoms with Gasteiger partial charge in [0.25, 0.3) is 0 Å². The van der Waals surface area contributed by atoms with E-state index in [2.05, 4.69) is 12.6 Å². The zero-order valence-electron chi connectivity index (χ0n) is 2.77. The zero-order chi connectivity index (χ0) is 4.12. The minimum atomic E-state index is 0.448. The van der Waals surface area contributed by atoms with Gasteiger partial charge in [-0.15, -0.1) is 0 Å². The molecular formula is C2H6NOS-. The van der Waals surface area contributed by atoms with E-state index in [0.717, 1.165) is 0 Å². The van der Waals surface area contributed by atoms with Gasteiger partial charge in [-0.3, -0.25) is 0 Å². The van der Waals surface area contributed by atoms with E-state index in [4.69, 9.17) is 0 Å². The molecule has 3 heteroatoms. The first-order valence-corrected chi connectivity index (χ1v) is 2.01. The third-order valence-electron chi connectivity index (χ3n) is 0.214. The normalized spacial score (nSPS) is 8.40. The van der Waals surface area contributed by atoms with Crippen LogP contribution in [0.2, 0.25) is 0 Å². The molecule has 0 atom stereocenters. The third-order valence-corrected chi connectivity index (χ3v) is 0.437. The van der Waals surface area contributed by atoms with Gasteiger partial charge in [-0.05, 0) is 6.54 Å². The molecule has 0 aromatic carbocycles. The van der Waals surface area contributed by atoms with Gasteiger partial charge < -0.3 is 10.7 Å². The number of rotatable bonds is 2. The summed E-state index contributed by atoms with van der Waals surface area (Å²) in [5.41, 5.74) is 1.69. The number of hydrogen-bond donors (Lipinski definition) is 2. The Bertz CT molecular complexity index is 17.1. The monoisotopic (exact) mass is 92.0 g/mol. The van der Waals surface area contributed by atoms with Gasteiger partial charge in [0.2, 0.25) is 0 Å². The molecule has 0 amide bonds. The van der Waals surface area contributed by atoms with Crippen molar-refractivity contribution in [3.05, 3.63) is 5.21 Å². The molecule has 0 aromatic heterocycles. The second-order valence-electron chi connectivity index (χ2n) is 0.618. The SMILES string of the molecule is [O-]NCCS. The van der Waals surface area contributed by atoms with E-state index in [-0.39, 0.29) is 0 Å². The Kier molecular flexibility index (Phi) is 4.50. The molecule has 0 saturated carbocycles. The third kappa shape index (κ3) is 4.27. The molecule has 5 heavy (non-hydrogen) atoms. The van der Waals surface area contributed by atoms with Crippen molar-refractivity contribution in [2.24, 2.45) is 0 Å². The van der Waals surface area contributed by atoms with Crippen LogP contribution in [0.5, 0.6) is 0 Å². The highest BCUT2D eigenvalue weighted by atomic mass is 32.1. The highest BCUT2D eigenvalue weighted by molar-refractivity contribution is 7.80. The van der Waals surface area contributed by atoms with E-state index >= 15 is 0 Å². The zero-order valence-corrected chi connectivity index (χ0v) is 3.66. The molecular weight excluding hydrogens is 86.1 g/mol. The van der Waals surface area contributed by atoms with Crippen molar-refractivity contribution in [1.29, 1.82) is 0 Å². The fourth-order valence-electron chi connectivity index (χ4n) is 0.0456. The van der Waals surface area contributed by atoms with Gasteiger partial charge in [0.1, 0.15) is 0 Å². The number of nitrogens with one attached hydrogen (secondary N) is 1. The summed E-state index contributed by atoms with van der Waals surface area (Å²) in [5, 5.41) is 9.23. The van der Waals surface area contributed by atoms with Crippen molar-refractivity contribution in [2.75, 3.05) is 12.3 Å². The predicted octanol–water partition coefficient (Wildman–Crippen LogP) is 0.00360. The molecule has 1 N–H and O–H groups in total. The number of hydroxylamine groups is 1. The maximum Gasteiger partial charge on any atom is 0.00188 e. The first kappa shape index (κ1) is 5.27. The molecule has 2 nitrogen and oxygen atoms in total. The molecule has 32 valence electrons. The van der Waals surface area contributed by atoms with Crippen molar-refractivity contribution in [1.82, 2.24) is 5.48 Å². The second kappa shape index (κ2) is 4.27. The Hall–Kier alpha value is 0.270. The van der Waals surface area contributed by atoms with Gasteiger partial charge in [-0.25, -0.2) is 0 Å². The van der Waals surface area contributed by atoms with Crippen LogP contribution in [-0.2, 0) is 0 Å². The fraction of sp³-hybridized carbons (Fsp3) is 1.00. The van der Waals surface area contributed by atoms with E-state index in [1.54, 1.807) is 5.48 Å². The van der Waals surface area contributed by atoms with Gasteiger partial charge in [-0.2, -0.15) is 12.6 Å². The molecule has 0 saturated heterocycles. The van der Waals surface area contributed by atoms with E-state index in [1.165, 1.54) is 0 Å². The van der Waals surface area contributed by atoms with E-state index in [1.807, 2.05) is 0 Å². The summed E-state index contributed by atoms with van der Waals surface area (Å²) in [6, 6.07) is 0. The van der Waals surface area contributed by atoms with Crippen LogP contribution in [0.1, 0.15) is 0 Å². The highest BCUT2D eigenvalue weighted by Gasteiger charge is 1.60. The highest BCUT2D eigenvalue weighted by Crippen LogP contribution is 1.63. The molecule has 0 aromatic rings.